The topological polar surface area (TPSA) is 40.5 Å². The number of aryl methyl sites for hydroxylation is 1. The molecule has 2 atom stereocenters. The molecule has 0 radical (unpaired) electrons. The second-order valence-corrected chi connectivity index (χ2v) is 8.12. The second kappa shape index (κ2) is 7.75. The number of aromatic hydroxyl groups is 1. The largest absolute Gasteiger partial charge is 0.508 e. The first-order valence-electron chi connectivity index (χ1n) is 10.3. The molecule has 0 bridgehead atoms. The Labute approximate surface area is 162 Å². The number of benzene rings is 2. The quantitative estimate of drug-likeness (QED) is 0.785. The molecule has 3 nitrogen and oxygen atoms in total. The minimum absolute atomic E-state index is 0.237. The fourth-order valence-corrected chi connectivity index (χ4v) is 4.95. The van der Waals surface area contributed by atoms with Gasteiger partial charge in [0, 0.05) is 30.6 Å². The third kappa shape index (κ3) is 3.60. The van der Waals surface area contributed by atoms with E-state index < -0.39 is 0 Å². The predicted octanol–water partition coefficient (Wildman–Crippen LogP) is 4.91. The lowest BCUT2D eigenvalue weighted by atomic mass is 9.71. The van der Waals surface area contributed by atoms with Crippen molar-refractivity contribution in [1.82, 2.24) is 0 Å². The Balaban J connectivity index is 1.58. The van der Waals surface area contributed by atoms with E-state index in [1.807, 2.05) is 12.1 Å². The van der Waals surface area contributed by atoms with Crippen molar-refractivity contribution in [3.8, 4) is 5.75 Å². The van der Waals surface area contributed by atoms with Gasteiger partial charge in [0.25, 0.3) is 0 Å². The van der Waals surface area contributed by atoms with Crippen molar-refractivity contribution in [3.63, 3.8) is 0 Å². The van der Waals surface area contributed by atoms with Gasteiger partial charge in [0.05, 0.1) is 0 Å². The first-order chi connectivity index (χ1) is 13.2. The fraction of sp³-hybridized carbons (Fsp3) is 0.458. The van der Waals surface area contributed by atoms with Gasteiger partial charge < -0.3 is 14.8 Å². The number of carbonyl (C=O) groups is 1. The van der Waals surface area contributed by atoms with Gasteiger partial charge in [-0.1, -0.05) is 31.5 Å². The van der Waals surface area contributed by atoms with Crippen LogP contribution in [-0.2, 0) is 11.2 Å². The summed E-state index contributed by atoms with van der Waals surface area (Å²) in [6, 6.07) is 15.0. The summed E-state index contributed by atoms with van der Waals surface area (Å²) in [5, 5.41) is 9.86. The number of phenolic OH excluding ortho intramolecular Hbond substituents is 1. The maximum atomic E-state index is 11.0. The molecule has 0 saturated carbocycles. The molecule has 2 aromatic rings. The van der Waals surface area contributed by atoms with Gasteiger partial charge in [-0.3, -0.25) is 0 Å². The van der Waals surface area contributed by atoms with Crippen molar-refractivity contribution >= 4 is 12.0 Å². The zero-order valence-corrected chi connectivity index (χ0v) is 16.1. The number of phenols is 1. The normalized spacial score (nSPS) is 23.1. The number of rotatable bonds is 4. The molecule has 1 aliphatic carbocycles. The smallest absolute Gasteiger partial charge is 0.123 e. The van der Waals surface area contributed by atoms with Crippen LogP contribution >= 0.6 is 0 Å². The summed E-state index contributed by atoms with van der Waals surface area (Å²) in [4.78, 5) is 13.4. The van der Waals surface area contributed by atoms with Crippen LogP contribution in [-0.4, -0.2) is 24.5 Å². The van der Waals surface area contributed by atoms with E-state index >= 15 is 0 Å². The standard InChI is InChI=1S/C24H29NO2/c1-2-18-3-4-20-15-22(27)9-10-23(20)24(18)19-5-7-21(8-6-19)25-13-11-17(16-26)12-14-25/h5-10,15-18,24,27H,2-4,11-14H2,1H3/t18?,24-/m0/s1. The molecule has 3 heteroatoms. The highest BCUT2D eigenvalue weighted by Crippen LogP contribution is 2.43. The zero-order valence-electron chi connectivity index (χ0n) is 16.1. The lowest BCUT2D eigenvalue weighted by molar-refractivity contribution is -0.111. The number of fused-ring (bicyclic) bond motifs is 1. The van der Waals surface area contributed by atoms with Crippen LogP contribution in [0.25, 0.3) is 0 Å². The minimum atomic E-state index is 0.237. The fourth-order valence-electron chi connectivity index (χ4n) is 4.95. The summed E-state index contributed by atoms with van der Waals surface area (Å²) in [5.74, 6) is 1.67. The van der Waals surface area contributed by atoms with Gasteiger partial charge in [-0.15, -0.1) is 0 Å². The van der Waals surface area contributed by atoms with Gasteiger partial charge in [0.1, 0.15) is 12.0 Å². The summed E-state index contributed by atoms with van der Waals surface area (Å²) >= 11 is 0. The predicted molar refractivity (Wildman–Crippen MR) is 109 cm³/mol. The molecular formula is C24H29NO2. The molecule has 2 aliphatic rings. The molecule has 0 aromatic heterocycles. The summed E-state index contributed by atoms with van der Waals surface area (Å²) in [6.07, 6.45) is 6.45. The first-order valence-corrected chi connectivity index (χ1v) is 10.3. The van der Waals surface area contributed by atoms with Crippen LogP contribution in [0.15, 0.2) is 42.5 Å². The van der Waals surface area contributed by atoms with Crippen LogP contribution in [0, 0.1) is 11.8 Å². The van der Waals surface area contributed by atoms with Gasteiger partial charge in [0.15, 0.2) is 0 Å². The second-order valence-electron chi connectivity index (χ2n) is 8.12. The van der Waals surface area contributed by atoms with Gasteiger partial charge >= 0.3 is 0 Å². The highest BCUT2D eigenvalue weighted by molar-refractivity contribution is 5.56. The third-order valence-corrected chi connectivity index (χ3v) is 6.59. The van der Waals surface area contributed by atoms with Crippen molar-refractivity contribution in [3.05, 3.63) is 59.2 Å². The van der Waals surface area contributed by atoms with E-state index in [0.717, 1.165) is 38.6 Å². The number of piperidine rings is 1. The average Bonchev–Trinajstić information content (AvgIpc) is 2.73. The maximum absolute atomic E-state index is 11.0. The Morgan fingerprint density at radius 1 is 1.07 bits per heavy atom. The van der Waals surface area contributed by atoms with Crippen LogP contribution < -0.4 is 4.90 Å². The number of hydrogen-bond acceptors (Lipinski definition) is 3. The Hall–Kier alpha value is -2.29. The summed E-state index contributed by atoms with van der Waals surface area (Å²) in [7, 11) is 0. The maximum Gasteiger partial charge on any atom is 0.123 e. The Kier molecular flexibility index (Phi) is 5.20. The summed E-state index contributed by atoms with van der Waals surface area (Å²) in [6.45, 7) is 4.21. The lowest BCUT2D eigenvalue weighted by Crippen LogP contribution is -2.34. The van der Waals surface area contributed by atoms with Gasteiger partial charge in [0.2, 0.25) is 0 Å². The summed E-state index contributed by atoms with van der Waals surface area (Å²) < 4.78 is 0. The molecule has 1 heterocycles. The van der Waals surface area contributed by atoms with E-state index in [2.05, 4.69) is 42.2 Å². The number of anilines is 1. The van der Waals surface area contributed by atoms with Crippen molar-refractivity contribution in [2.45, 2.75) is 44.9 Å². The van der Waals surface area contributed by atoms with Crippen LogP contribution in [0.3, 0.4) is 0 Å². The molecule has 142 valence electrons. The average molecular weight is 364 g/mol. The van der Waals surface area contributed by atoms with Gasteiger partial charge in [-0.25, -0.2) is 0 Å². The molecule has 0 spiro atoms. The Morgan fingerprint density at radius 2 is 1.81 bits per heavy atom. The third-order valence-electron chi connectivity index (χ3n) is 6.59. The van der Waals surface area contributed by atoms with Gasteiger partial charge in [-0.05, 0) is 72.6 Å². The number of nitrogens with zero attached hydrogens (tertiary/aromatic N) is 1. The SMILES string of the molecule is CCC1CCc2cc(O)ccc2[C@@H]1c1ccc(N2CCC(C=O)CC2)cc1. The minimum Gasteiger partial charge on any atom is -0.508 e. The van der Waals surface area contributed by atoms with E-state index in [1.54, 1.807) is 0 Å². The van der Waals surface area contributed by atoms with Gasteiger partial charge in [-0.2, -0.15) is 0 Å². The molecule has 1 unspecified atom stereocenters. The lowest BCUT2D eigenvalue weighted by Gasteiger charge is -2.35. The van der Waals surface area contributed by atoms with Crippen molar-refractivity contribution < 1.29 is 9.90 Å². The first kappa shape index (κ1) is 18.1. The van der Waals surface area contributed by atoms with Crippen molar-refractivity contribution in [2.24, 2.45) is 11.8 Å². The molecule has 0 amide bonds. The van der Waals surface area contributed by atoms with Crippen LogP contribution in [0.5, 0.6) is 5.75 Å². The molecule has 2 aromatic carbocycles. The van der Waals surface area contributed by atoms with E-state index in [4.69, 9.17) is 0 Å². The van der Waals surface area contributed by atoms with E-state index in [-0.39, 0.29) is 5.92 Å². The monoisotopic (exact) mass is 363 g/mol. The molecule has 1 aliphatic heterocycles. The Bertz CT molecular complexity index is 791. The number of carbonyl (C=O) groups excluding carboxylic acids is 1. The molecule has 27 heavy (non-hydrogen) atoms. The zero-order chi connectivity index (χ0) is 18.8. The van der Waals surface area contributed by atoms with Crippen LogP contribution in [0.1, 0.15) is 55.2 Å². The number of hydrogen-bond donors (Lipinski definition) is 1. The highest BCUT2D eigenvalue weighted by Gasteiger charge is 2.30. The van der Waals surface area contributed by atoms with E-state index in [1.165, 1.54) is 35.2 Å². The molecule has 1 fully saturated rings. The van der Waals surface area contributed by atoms with Crippen LogP contribution in [0.4, 0.5) is 5.69 Å². The summed E-state index contributed by atoms with van der Waals surface area (Å²) in [5.41, 5.74) is 5.31. The molecule has 1 N–H and O–H groups in total. The van der Waals surface area contributed by atoms with Crippen molar-refractivity contribution in [1.29, 1.82) is 0 Å². The van der Waals surface area contributed by atoms with Crippen LogP contribution in [0.2, 0.25) is 0 Å². The molecular weight excluding hydrogens is 334 g/mol. The number of aldehydes is 1. The van der Waals surface area contributed by atoms with E-state index in [9.17, 15) is 9.90 Å². The van der Waals surface area contributed by atoms with Crippen molar-refractivity contribution in [2.75, 3.05) is 18.0 Å². The molecule has 1 saturated heterocycles. The highest BCUT2D eigenvalue weighted by atomic mass is 16.3. The molecule has 4 rings (SSSR count). The van der Waals surface area contributed by atoms with E-state index in [0.29, 0.717) is 17.6 Å². The Morgan fingerprint density at radius 3 is 2.48 bits per heavy atom.